The zero-order valence-electron chi connectivity index (χ0n) is 13.7. The number of Topliss-reactive ketones (excluding diaryl/α,β-unsaturated/α-hetero) is 1. The monoisotopic (exact) mass is 284 g/mol. The van der Waals surface area contributed by atoms with Gasteiger partial charge in [-0.05, 0) is 36.4 Å². The van der Waals surface area contributed by atoms with E-state index in [0.29, 0.717) is 5.78 Å². The molecule has 0 N–H and O–H groups in total. The third-order valence-electron chi connectivity index (χ3n) is 4.90. The lowest BCUT2D eigenvalue weighted by molar-refractivity contribution is -0.134. The molecule has 0 amide bonds. The van der Waals surface area contributed by atoms with Crippen molar-refractivity contribution in [2.45, 2.75) is 85.0 Å². The van der Waals surface area contributed by atoms with Crippen LogP contribution in [0.4, 0.5) is 0 Å². The average molecular weight is 285 g/mol. The van der Waals surface area contributed by atoms with Crippen LogP contribution in [0.2, 0.25) is 18.1 Å². The Morgan fingerprint density at radius 2 is 1.68 bits per heavy atom. The molecule has 1 aliphatic carbocycles. The molecule has 0 spiro atoms. The zero-order valence-corrected chi connectivity index (χ0v) is 14.7. The molecule has 1 saturated carbocycles. The third-order valence-corrected chi connectivity index (χ3v) is 9.57. The Balaban J connectivity index is 2.92. The standard InChI is InChI=1S/C16H32O2Si/c1-7-19(8-2,9-3)18-14-12-10-11-13(17)15(14)16(4,5)6/h14-15H,7-12H2,1-6H3/t14-,15+/m0/s1. The Labute approximate surface area is 120 Å². The predicted octanol–water partition coefficient (Wildman–Crippen LogP) is 4.79. The highest BCUT2D eigenvalue weighted by Crippen LogP contribution is 2.40. The third kappa shape index (κ3) is 3.91. The Morgan fingerprint density at radius 3 is 2.11 bits per heavy atom. The van der Waals surface area contributed by atoms with Gasteiger partial charge < -0.3 is 4.43 Å². The van der Waals surface area contributed by atoms with E-state index in [1.54, 1.807) is 0 Å². The first-order chi connectivity index (χ1) is 8.79. The largest absolute Gasteiger partial charge is 0.413 e. The average Bonchev–Trinajstić information content (AvgIpc) is 2.34. The molecular formula is C16H32O2Si. The summed E-state index contributed by atoms with van der Waals surface area (Å²) in [4.78, 5) is 12.3. The topological polar surface area (TPSA) is 26.3 Å². The molecule has 0 bridgehead atoms. The molecule has 0 aromatic rings. The van der Waals surface area contributed by atoms with E-state index in [1.807, 2.05) is 0 Å². The molecule has 0 radical (unpaired) electrons. The van der Waals surface area contributed by atoms with Crippen LogP contribution in [0.5, 0.6) is 0 Å². The number of hydrogen-bond donors (Lipinski definition) is 0. The molecule has 0 aromatic carbocycles. The summed E-state index contributed by atoms with van der Waals surface area (Å²) in [5, 5.41) is 0. The van der Waals surface area contributed by atoms with Gasteiger partial charge in [0.05, 0.1) is 6.10 Å². The van der Waals surface area contributed by atoms with E-state index in [-0.39, 0.29) is 17.4 Å². The zero-order chi connectivity index (χ0) is 14.7. The minimum atomic E-state index is -1.61. The quantitative estimate of drug-likeness (QED) is 0.678. The van der Waals surface area contributed by atoms with E-state index in [9.17, 15) is 4.79 Å². The van der Waals surface area contributed by atoms with E-state index in [0.717, 1.165) is 19.3 Å². The molecule has 0 saturated heterocycles. The van der Waals surface area contributed by atoms with Crippen LogP contribution >= 0.6 is 0 Å². The van der Waals surface area contributed by atoms with Gasteiger partial charge >= 0.3 is 0 Å². The highest BCUT2D eigenvalue weighted by atomic mass is 28.4. The number of carbonyl (C=O) groups excluding carboxylic acids is 1. The van der Waals surface area contributed by atoms with Gasteiger partial charge in [-0.25, -0.2) is 0 Å². The molecule has 1 fully saturated rings. The Hall–Kier alpha value is -0.153. The second-order valence-corrected chi connectivity index (χ2v) is 11.8. The molecule has 3 heteroatoms. The highest BCUT2D eigenvalue weighted by molar-refractivity contribution is 6.73. The van der Waals surface area contributed by atoms with Crippen molar-refractivity contribution < 1.29 is 9.22 Å². The first-order valence-electron chi connectivity index (χ1n) is 8.00. The minimum absolute atomic E-state index is 0.0253. The molecule has 0 aromatic heterocycles. The first kappa shape index (κ1) is 16.9. The van der Waals surface area contributed by atoms with Crippen LogP contribution in [0.25, 0.3) is 0 Å². The second kappa shape index (κ2) is 6.53. The van der Waals surface area contributed by atoms with Crippen LogP contribution in [0, 0.1) is 11.3 Å². The minimum Gasteiger partial charge on any atom is -0.413 e. The summed E-state index contributed by atoms with van der Waals surface area (Å²) in [6.07, 6.45) is 3.01. The number of ketones is 1. The van der Waals surface area contributed by atoms with Gasteiger partial charge in [0, 0.05) is 12.3 Å². The van der Waals surface area contributed by atoms with Crippen molar-refractivity contribution in [1.29, 1.82) is 0 Å². The van der Waals surface area contributed by atoms with Crippen molar-refractivity contribution in [3.8, 4) is 0 Å². The highest BCUT2D eigenvalue weighted by Gasteiger charge is 2.44. The molecular weight excluding hydrogens is 252 g/mol. The van der Waals surface area contributed by atoms with Gasteiger partial charge in [-0.15, -0.1) is 0 Å². The normalized spacial score (nSPS) is 25.7. The lowest BCUT2D eigenvalue weighted by Crippen LogP contribution is -2.49. The number of rotatable bonds is 5. The molecule has 0 heterocycles. The molecule has 0 unspecified atom stereocenters. The summed E-state index contributed by atoms with van der Waals surface area (Å²) in [6, 6.07) is 3.50. The summed E-state index contributed by atoms with van der Waals surface area (Å²) in [7, 11) is -1.61. The lowest BCUT2D eigenvalue weighted by Gasteiger charge is -2.43. The Morgan fingerprint density at radius 1 is 1.16 bits per heavy atom. The van der Waals surface area contributed by atoms with Gasteiger partial charge in [-0.1, -0.05) is 41.5 Å². The second-order valence-electron chi connectivity index (χ2n) is 7.10. The Kier molecular flexibility index (Phi) is 5.81. The van der Waals surface area contributed by atoms with Gasteiger partial charge in [0.2, 0.25) is 0 Å². The maximum absolute atomic E-state index is 12.3. The molecule has 2 nitrogen and oxygen atoms in total. The van der Waals surface area contributed by atoms with Crippen molar-refractivity contribution in [1.82, 2.24) is 0 Å². The SMILES string of the molecule is CC[Si](CC)(CC)O[C@H]1CCCC(=O)[C@H]1C(C)(C)C. The van der Waals surface area contributed by atoms with Gasteiger partial charge in [0.25, 0.3) is 0 Å². The fraction of sp³-hybridized carbons (Fsp3) is 0.938. The predicted molar refractivity (Wildman–Crippen MR) is 83.9 cm³/mol. The number of carbonyl (C=O) groups is 1. The molecule has 19 heavy (non-hydrogen) atoms. The Bertz CT molecular complexity index is 294. The van der Waals surface area contributed by atoms with Gasteiger partial charge in [0.1, 0.15) is 5.78 Å². The van der Waals surface area contributed by atoms with Crippen LogP contribution in [-0.2, 0) is 9.22 Å². The summed E-state index contributed by atoms with van der Waals surface area (Å²) in [5.74, 6) is 0.521. The van der Waals surface area contributed by atoms with Gasteiger partial charge in [-0.2, -0.15) is 0 Å². The lowest BCUT2D eigenvalue weighted by atomic mass is 9.70. The van der Waals surface area contributed by atoms with Crippen molar-refractivity contribution in [3.05, 3.63) is 0 Å². The van der Waals surface area contributed by atoms with Gasteiger partial charge in [0.15, 0.2) is 8.32 Å². The summed E-state index contributed by atoms with van der Waals surface area (Å²) in [5.41, 5.74) is 0.0253. The maximum atomic E-state index is 12.3. The van der Waals surface area contributed by atoms with E-state index in [1.165, 1.54) is 18.1 Å². The fourth-order valence-electron chi connectivity index (χ4n) is 3.50. The summed E-state index contributed by atoms with van der Waals surface area (Å²) >= 11 is 0. The van der Waals surface area contributed by atoms with Crippen molar-refractivity contribution >= 4 is 14.1 Å². The van der Waals surface area contributed by atoms with E-state index >= 15 is 0 Å². The molecule has 2 atom stereocenters. The van der Waals surface area contributed by atoms with E-state index in [4.69, 9.17) is 4.43 Å². The smallest absolute Gasteiger partial charge is 0.192 e. The number of hydrogen-bond acceptors (Lipinski definition) is 2. The van der Waals surface area contributed by atoms with Crippen molar-refractivity contribution in [3.63, 3.8) is 0 Å². The summed E-state index contributed by atoms with van der Waals surface area (Å²) < 4.78 is 6.65. The molecule has 112 valence electrons. The van der Waals surface area contributed by atoms with Gasteiger partial charge in [-0.3, -0.25) is 4.79 Å². The van der Waals surface area contributed by atoms with Crippen molar-refractivity contribution in [2.24, 2.45) is 11.3 Å². The molecule has 1 aliphatic rings. The van der Waals surface area contributed by atoms with E-state index in [2.05, 4.69) is 41.5 Å². The van der Waals surface area contributed by atoms with Crippen molar-refractivity contribution in [2.75, 3.05) is 0 Å². The fourth-order valence-corrected chi connectivity index (χ4v) is 6.39. The van der Waals surface area contributed by atoms with Crippen LogP contribution < -0.4 is 0 Å². The van der Waals surface area contributed by atoms with E-state index < -0.39 is 8.32 Å². The van der Waals surface area contributed by atoms with Crippen LogP contribution in [-0.4, -0.2) is 20.2 Å². The van der Waals surface area contributed by atoms with Crippen LogP contribution in [0.15, 0.2) is 0 Å². The first-order valence-corrected chi connectivity index (χ1v) is 10.5. The molecule has 0 aliphatic heterocycles. The van der Waals surface area contributed by atoms with Crippen LogP contribution in [0.1, 0.15) is 60.8 Å². The molecule has 1 rings (SSSR count). The summed E-state index contributed by atoms with van der Waals surface area (Å²) in [6.45, 7) is 13.3. The maximum Gasteiger partial charge on any atom is 0.192 e. The van der Waals surface area contributed by atoms with Crippen LogP contribution in [0.3, 0.4) is 0 Å².